The van der Waals surface area contributed by atoms with Gasteiger partial charge in [-0.25, -0.2) is 9.59 Å². The summed E-state index contributed by atoms with van der Waals surface area (Å²) in [5.74, 6) is 0.803. The highest BCUT2D eigenvalue weighted by Gasteiger charge is 2.24. The number of hydrogen-bond acceptors (Lipinski definition) is 6. The van der Waals surface area contributed by atoms with Gasteiger partial charge in [-0.3, -0.25) is 0 Å². The number of ether oxygens (including phenoxy) is 4. The molecule has 0 heterocycles. The lowest BCUT2D eigenvalue weighted by molar-refractivity contribution is -0.143. The average Bonchev–Trinajstić information content (AvgIpc) is 2.52. The van der Waals surface area contributed by atoms with Crippen LogP contribution in [0.2, 0.25) is 0 Å². The molecule has 0 saturated carbocycles. The molecule has 1 rings (SSSR count). The lowest BCUT2D eigenvalue weighted by Gasteiger charge is -2.22. The predicted molar refractivity (Wildman–Crippen MR) is 88.3 cm³/mol. The first-order chi connectivity index (χ1) is 11.2. The van der Waals surface area contributed by atoms with Gasteiger partial charge in [0.25, 0.3) is 0 Å². The van der Waals surface area contributed by atoms with Crippen molar-refractivity contribution in [3.8, 4) is 11.5 Å². The van der Waals surface area contributed by atoms with E-state index in [1.54, 1.807) is 52.1 Å². The summed E-state index contributed by atoms with van der Waals surface area (Å²) in [5.41, 5.74) is -0.648. The fourth-order valence-electron chi connectivity index (χ4n) is 1.81. The van der Waals surface area contributed by atoms with Gasteiger partial charge in [0.1, 0.15) is 23.1 Å². The van der Waals surface area contributed by atoms with Crippen LogP contribution in [0.3, 0.4) is 0 Å². The van der Waals surface area contributed by atoms with Crippen LogP contribution in [-0.4, -0.2) is 44.5 Å². The van der Waals surface area contributed by atoms with Crippen molar-refractivity contribution in [1.82, 2.24) is 5.32 Å². The van der Waals surface area contributed by atoms with Crippen molar-refractivity contribution in [3.05, 3.63) is 24.3 Å². The van der Waals surface area contributed by atoms with Crippen LogP contribution in [0.5, 0.6) is 11.5 Å². The lowest BCUT2D eigenvalue weighted by atomic mass is 10.2. The van der Waals surface area contributed by atoms with Gasteiger partial charge in [0.15, 0.2) is 0 Å². The van der Waals surface area contributed by atoms with Crippen molar-refractivity contribution in [3.63, 3.8) is 0 Å². The Hall–Kier alpha value is -2.44. The van der Waals surface area contributed by atoms with Crippen LogP contribution in [0.15, 0.2) is 24.3 Å². The minimum absolute atomic E-state index is 0.224. The zero-order chi connectivity index (χ0) is 18.2. The Kier molecular flexibility index (Phi) is 7.35. The molecule has 24 heavy (non-hydrogen) atoms. The van der Waals surface area contributed by atoms with Crippen LogP contribution in [0.4, 0.5) is 4.79 Å². The maximum absolute atomic E-state index is 11.8. The Morgan fingerprint density at radius 2 is 1.67 bits per heavy atom. The molecule has 1 atom stereocenters. The number of hydrogen-bond donors (Lipinski definition) is 1. The van der Waals surface area contributed by atoms with E-state index in [1.165, 1.54) is 7.11 Å². The number of carbonyl (C=O) groups is 2. The van der Waals surface area contributed by atoms with E-state index in [0.717, 1.165) is 5.75 Å². The van der Waals surface area contributed by atoms with Gasteiger partial charge in [0.2, 0.25) is 0 Å². The molecule has 7 heteroatoms. The van der Waals surface area contributed by atoms with Crippen LogP contribution in [-0.2, 0) is 14.3 Å². The van der Waals surface area contributed by atoms with Gasteiger partial charge in [-0.15, -0.1) is 0 Å². The number of alkyl carbamates (subject to hydrolysis) is 1. The second kappa shape index (κ2) is 9.00. The quantitative estimate of drug-likeness (QED) is 0.769. The molecule has 0 bridgehead atoms. The molecular weight excluding hydrogens is 314 g/mol. The van der Waals surface area contributed by atoms with Crippen molar-refractivity contribution >= 4 is 12.1 Å². The lowest BCUT2D eigenvalue weighted by Crippen LogP contribution is -2.44. The van der Waals surface area contributed by atoms with Crippen molar-refractivity contribution in [2.75, 3.05) is 20.8 Å². The first-order valence-electron chi connectivity index (χ1n) is 7.59. The van der Waals surface area contributed by atoms with E-state index in [4.69, 9.17) is 18.9 Å². The van der Waals surface area contributed by atoms with Crippen LogP contribution in [0.1, 0.15) is 27.2 Å². The van der Waals surface area contributed by atoms with Crippen molar-refractivity contribution in [2.45, 2.75) is 38.8 Å². The van der Waals surface area contributed by atoms with Crippen LogP contribution in [0, 0.1) is 0 Å². The van der Waals surface area contributed by atoms with Crippen molar-refractivity contribution in [2.24, 2.45) is 0 Å². The summed E-state index contributed by atoms with van der Waals surface area (Å²) in [6.45, 7) is 5.45. The molecule has 0 aliphatic carbocycles. The Balaban J connectivity index is 2.53. The SMILES string of the molecule is COC(=O)[C@H](CCOc1ccc(OC)cc1)NC(=O)OC(C)(C)C. The molecule has 1 aromatic carbocycles. The first-order valence-corrected chi connectivity index (χ1v) is 7.59. The van der Waals surface area contributed by atoms with Gasteiger partial charge in [-0.05, 0) is 45.0 Å². The molecule has 1 N–H and O–H groups in total. The first kappa shape index (κ1) is 19.6. The molecule has 0 radical (unpaired) electrons. The zero-order valence-electron chi connectivity index (χ0n) is 14.8. The van der Waals surface area contributed by atoms with Crippen LogP contribution < -0.4 is 14.8 Å². The van der Waals surface area contributed by atoms with Crippen molar-refractivity contribution in [1.29, 1.82) is 0 Å². The normalized spacial score (nSPS) is 12.0. The highest BCUT2D eigenvalue weighted by atomic mass is 16.6. The van der Waals surface area contributed by atoms with Gasteiger partial charge < -0.3 is 24.3 Å². The molecule has 1 aromatic rings. The number of carbonyl (C=O) groups excluding carboxylic acids is 2. The number of rotatable bonds is 7. The van der Waals surface area contributed by atoms with E-state index in [0.29, 0.717) is 5.75 Å². The summed E-state index contributed by atoms with van der Waals surface area (Å²) in [6.07, 6.45) is -0.430. The highest BCUT2D eigenvalue weighted by Crippen LogP contribution is 2.17. The fourth-order valence-corrected chi connectivity index (χ4v) is 1.81. The topological polar surface area (TPSA) is 83.1 Å². The molecular formula is C17H25NO6. The van der Waals surface area contributed by atoms with Crippen LogP contribution in [0.25, 0.3) is 0 Å². The Labute approximate surface area is 142 Å². The predicted octanol–water partition coefficient (Wildman–Crippen LogP) is 2.53. The van der Waals surface area contributed by atoms with Crippen LogP contribution >= 0.6 is 0 Å². The molecule has 0 spiro atoms. The number of methoxy groups -OCH3 is 2. The zero-order valence-corrected chi connectivity index (χ0v) is 14.8. The van der Waals surface area contributed by atoms with Gasteiger partial charge in [-0.2, -0.15) is 0 Å². The number of esters is 1. The summed E-state index contributed by atoms with van der Waals surface area (Å²) >= 11 is 0. The van der Waals surface area contributed by atoms with E-state index in [1.807, 2.05) is 0 Å². The molecule has 1 amide bonds. The van der Waals surface area contributed by atoms with E-state index >= 15 is 0 Å². The van der Waals surface area contributed by atoms with E-state index in [2.05, 4.69) is 5.32 Å². The largest absolute Gasteiger partial charge is 0.497 e. The monoisotopic (exact) mass is 339 g/mol. The maximum atomic E-state index is 11.8. The van der Waals surface area contributed by atoms with E-state index in [9.17, 15) is 9.59 Å². The van der Waals surface area contributed by atoms with Gasteiger partial charge in [-0.1, -0.05) is 0 Å². The minimum Gasteiger partial charge on any atom is -0.497 e. The molecule has 0 aromatic heterocycles. The second-order valence-electron chi connectivity index (χ2n) is 6.03. The Bertz CT molecular complexity index is 535. The minimum atomic E-state index is -0.844. The molecule has 0 fully saturated rings. The molecule has 0 aliphatic rings. The standard InChI is InChI=1S/C17H25NO6/c1-17(2,3)24-16(20)18-14(15(19)22-5)10-11-23-13-8-6-12(21-4)7-9-13/h6-9,14H,10-11H2,1-5H3,(H,18,20)/t14-/m0/s1. The summed E-state index contributed by atoms with van der Waals surface area (Å²) in [4.78, 5) is 23.6. The summed E-state index contributed by atoms with van der Waals surface area (Å²) in [6, 6.07) is 6.21. The summed E-state index contributed by atoms with van der Waals surface area (Å²) in [7, 11) is 2.84. The number of amides is 1. The average molecular weight is 339 g/mol. The third kappa shape index (κ3) is 7.21. The third-order valence-electron chi connectivity index (χ3n) is 2.91. The third-order valence-corrected chi connectivity index (χ3v) is 2.91. The van der Waals surface area contributed by atoms with E-state index < -0.39 is 23.7 Å². The van der Waals surface area contributed by atoms with Gasteiger partial charge in [0.05, 0.1) is 20.8 Å². The molecule has 7 nitrogen and oxygen atoms in total. The fraction of sp³-hybridized carbons (Fsp3) is 0.529. The molecule has 0 aliphatic heterocycles. The molecule has 134 valence electrons. The summed E-state index contributed by atoms with van der Waals surface area (Å²) in [5, 5.41) is 2.49. The second-order valence-corrected chi connectivity index (χ2v) is 6.03. The number of benzene rings is 1. The molecule has 0 saturated heterocycles. The maximum Gasteiger partial charge on any atom is 0.408 e. The highest BCUT2D eigenvalue weighted by molar-refractivity contribution is 5.81. The van der Waals surface area contributed by atoms with E-state index in [-0.39, 0.29) is 13.0 Å². The smallest absolute Gasteiger partial charge is 0.408 e. The Morgan fingerprint density at radius 3 is 2.17 bits per heavy atom. The van der Waals surface area contributed by atoms with Gasteiger partial charge >= 0.3 is 12.1 Å². The number of nitrogens with one attached hydrogen (secondary N) is 1. The van der Waals surface area contributed by atoms with Crippen molar-refractivity contribution < 1.29 is 28.5 Å². The summed E-state index contributed by atoms with van der Waals surface area (Å²) < 4.78 is 20.5. The van der Waals surface area contributed by atoms with Gasteiger partial charge in [0, 0.05) is 6.42 Å². The molecule has 0 unspecified atom stereocenters. The Morgan fingerprint density at radius 1 is 1.08 bits per heavy atom.